The Morgan fingerprint density at radius 1 is 0.947 bits per heavy atom. The summed E-state index contributed by atoms with van der Waals surface area (Å²) in [5, 5.41) is 0. The molecule has 3 rings (SSSR count). The van der Waals surface area contributed by atoms with E-state index >= 15 is 0 Å². The molecule has 0 atom stereocenters. The van der Waals surface area contributed by atoms with E-state index in [4.69, 9.17) is 10.5 Å². The summed E-state index contributed by atoms with van der Waals surface area (Å²) in [7, 11) is 0. The molecule has 0 amide bonds. The molecular formula is C17H15NO. The maximum atomic E-state index is 5.72. The summed E-state index contributed by atoms with van der Waals surface area (Å²) in [5.74, 6) is 7.15. The van der Waals surface area contributed by atoms with Crippen LogP contribution < -0.4 is 10.5 Å². The molecule has 1 saturated carbocycles. The van der Waals surface area contributed by atoms with Crippen LogP contribution in [0, 0.1) is 11.8 Å². The van der Waals surface area contributed by atoms with E-state index < -0.39 is 0 Å². The first-order valence-corrected chi connectivity index (χ1v) is 6.44. The van der Waals surface area contributed by atoms with Crippen LogP contribution in [0.3, 0.4) is 0 Å². The third-order valence-electron chi connectivity index (χ3n) is 2.92. The number of ether oxygens (including phenoxy) is 1. The first-order chi connectivity index (χ1) is 9.29. The number of anilines is 1. The van der Waals surface area contributed by atoms with Crippen molar-refractivity contribution in [3.63, 3.8) is 0 Å². The molecule has 94 valence electrons. The molecule has 2 nitrogen and oxygen atoms in total. The number of hydrogen-bond acceptors (Lipinski definition) is 2. The molecule has 0 radical (unpaired) electrons. The van der Waals surface area contributed by atoms with Gasteiger partial charge in [-0.05, 0) is 55.3 Å². The van der Waals surface area contributed by atoms with Gasteiger partial charge >= 0.3 is 0 Å². The summed E-state index contributed by atoms with van der Waals surface area (Å²) >= 11 is 0. The quantitative estimate of drug-likeness (QED) is 0.655. The SMILES string of the molecule is Nc1cccc(C#Cc2ccc(OC3CC3)cc2)c1. The van der Waals surface area contributed by atoms with Gasteiger partial charge in [-0.15, -0.1) is 0 Å². The summed E-state index contributed by atoms with van der Waals surface area (Å²) in [5.41, 5.74) is 8.36. The van der Waals surface area contributed by atoms with Crippen LogP contribution in [0.4, 0.5) is 5.69 Å². The first kappa shape index (κ1) is 11.7. The highest BCUT2D eigenvalue weighted by molar-refractivity contribution is 5.50. The van der Waals surface area contributed by atoms with Crippen LogP contribution in [0.2, 0.25) is 0 Å². The van der Waals surface area contributed by atoms with E-state index in [2.05, 4.69) is 11.8 Å². The van der Waals surface area contributed by atoms with Crippen molar-refractivity contribution in [2.45, 2.75) is 18.9 Å². The Kier molecular flexibility index (Phi) is 3.12. The standard InChI is InChI=1S/C17H15NO/c18-15-3-1-2-14(12-15)5-4-13-6-8-16(9-7-13)19-17-10-11-17/h1-3,6-9,12,17H,10-11,18H2. The lowest BCUT2D eigenvalue weighted by molar-refractivity contribution is 0.303. The maximum absolute atomic E-state index is 5.72. The van der Waals surface area contributed by atoms with Crippen LogP contribution in [0.5, 0.6) is 5.75 Å². The highest BCUT2D eigenvalue weighted by Crippen LogP contribution is 2.26. The lowest BCUT2D eigenvalue weighted by Gasteiger charge is -2.02. The molecule has 1 aliphatic rings. The molecule has 0 aromatic heterocycles. The van der Waals surface area contributed by atoms with E-state index in [9.17, 15) is 0 Å². The van der Waals surface area contributed by atoms with Crippen LogP contribution in [0.1, 0.15) is 24.0 Å². The minimum Gasteiger partial charge on any atom is -0.490 e. The van der Waals surface area contributed by atoms with Crippen molar-refractivity contribution < 1.29 is 4.74 Å². The summed E-state index contributed by atoms with van der Waals surface area (Å²) < 4.78 is 5.69. The van der Waals surface area contributed by atoms with Gasteiger partial charge in [0.25, 0.3) is 0 Å². The molecule has 0 spiro atoms. The smallest absolute Gasteiger partial charge is 0.119 e. The third kappa shape index (κ3) is 3.29. The Hall–Kier alpha value is -2.40. The number of hydrogen-bond donors (Lipinski definition) is 1. The molecule has 2 N–H and O–H groups in total. The van der Waals surface area contributed by atoms with Gasteiger partial charge in [-0.3, -0.25) is 0 Å². The maximum Gasteiger partial charge on any atom is 0.119 e. The van der Waals surface area contributed by atoms with Crippen molar-refractivity contribution in [1.29, 1.82) is 0 Å². The number of benzene rings is 2. The molecule has 19 heavy (non-hydrogen) atoms. The van der Waals surface area contributed by atoms with Gasteiger partial charge in [-0.25, -0.2) is 0 Å². The van der Waals surface area contributed by atoms with Gasteiger partial charge in [0.1, 0.15) is 5.75 Å². The molecule has 1 fully saturated rings. The Morgan fingerprint density at radius 3 is 2.37 bits per heavy atom. The first-order valence-electron chi connectivity index (χ1n) is 6.44. The van der Waals surface area contributed by atoms with Crippen molar-refractivity contribution in [1.82, 2.24) is 0 Å². The topological polar surface area (TPSA) is 35.2 Å². The minimum atomic E-state index is 0.434. The van der Waals surface area contributed by atoms with Crippen molar-refractivity contribution in [2.75, 3.05) is 5.73 Å². The zero-order valence-corrected chi connectivity index (χ0v) is 10.6. The van der Waals surface area contributed by atoms with Gasteiger partial charge in [0.05, 0.1) is 6.10 Å². The molecular weight excluding hydrogens is 234 g/mol. The molecule has 2 aromatic rings. The molecule has 0 heterocycles. The van der Waals surface area contributed by atoms with E-state index in [1.807, 2.05) is 48.5 Å². The van der Waals surface area contributed by atoms with Crippen LogP contribution in [0.25, 0.3) is 0 Å². The van der Waals surface area contributed by atoms with Gasteiger partial charge in [-0.1, -0.05) is 17.9 Å². The predicted molar refractivity (Wildman–Crippen MR) is 76.9 cm³/mol. The zero-order valence-electron chi connectivity index (χ0n) is 10.6. The van der Waals surface area contributed by atoms with Crippen LogP contribution in [-0.2, 0) is 0 Å². The van der Waals surface area contributed by atoms with Crippen LogP contribution in [0.15, 0.2) is 48.5 Å². The zero-order chi connectivity index (χ0) is 13.1. The lowest BCUT2D eigenvalue weighted by atomic mass is 10.1. The molecule has 2 heteroatoms. The monoisotopic (exact) mass is 249 g/mol. The van der Waals surface area contributed by atoms with E-state index in [0.717, 1.165) is 22.6 Å². The summed E-state index contributed by atoms with van der Waals surface area (Å²) in [6.07, 6.45) is 2.79. The normalized spacial score (nSPS) is 13.5. The fourth-order valence-electron chi connectivity index (χ4n) is 1.76. The largest absolute Gasteiger partial charge is 0.490 e. The fraction of sp³-hybridized carbons (Fsp3) is 0.176. The molecule has 2 aromatic carbocycles. The van der Waals surface area contributed by atoms with Gasteiger partial charge in [0, 0.05) is 16.8 Å². The van der Waals surface area contributed by atoms with E-state index in [0.29, 0.717) is 6.10 Å². The number of nitrogens with two attached hydrogens (primary N) is 1. The van der Waals surface area contributed by atoms with E-state index in [1.54, 1.807) is 0 Å². The Bertz CT molecular complexity index is 630. The average molecular weight is 249 g/mol. The van der Waals surface area contributed by atoms with Crippen LogP contribution >= 0.6 is 0 Å². The van der Waals surface area contributed by atoms with Crippen molar-refractivity contribution >= 4 is 5.69 Å². The van der Waals surface area contributed by atoms with Gasteiger partial charge in [0.15, 0.2) is 0 Å². The van der Waals surface area contributed by atoms with Crippen molar-refractivity contribution in [3.05, 3.63) is 59.7 Å². The van der Waals surface area contributed by atoms with Crippen molar-refractivity contribution in [3.8, 4) is 17.6 Å². The summed E-state index contributed by atoms with van der Waals surface area (Å²) in [6, 6.07) is 15.5. The second-order valence-electron chi connectivity index (χ2n) is 4.72. The second kappa shape index (κ2) is 5.07. The molecule has 0 aliphatic heterocycles. The summed E-state index contributed by atoms with van der Waals surface area (Å²) in [4.78, 5) is 0. The highest BCUT2D eigenvalue weighted by atomic mass is 16.5. The van der Waals surface area contributed by atoms with Gasteiger partial charge < -0.3 is 10.5 Å². The molecule has 0 unspecified atom stereocenters. The number of rotatable bonds is 2. The molecule has 1 aliphatic carbocycles. The van der Waals surface area contributed by atoms with Gasteiger partial charge in [0.2, 0.25) is 0 Å². The fourth-order valence-corrected chi connectivity index (χ4v) is 1.76. The second-order valence-corrected chi connectivity index (χ2v) is 4.72. The molecule has 0 bridgehead atoms. The predicted octanol–water partition coefficient (Wildman–Crippen LogP) is 3.21. The Labute approximate surface area is 113 Å². The highest BCUT2D eigenvalue weighted by Gasteiger charge is 2.23. The van der Waals surface area contributed by atoms with Gasteiger partial charge in [-0.2, -0.15) is 0 Å². The van der Waals surface area contributed by atoms with Crippen LogP contribution in [-0.4, -0.2) is 6.10 Å². The average Bonchev–Trinajstić information content (AvgIpc) is 3.22. The van der Waals surface area contributed by atoms with Crippen molar-refractivity contribution in [2.24, 2.45) is 0 Å². The minimum absolute atomic E-state index is 0.434. The third-order valence-corrected chi connectivity index (χ3v) is 2.92. The molecule has 0 saturated heterocycles. The van der Waals surface area contributed by atoms with E-state index in [1.165, 1.54) is 12.8 Å². The summed E-state index contributed by atoms with van der Waals surface area (Å²) in [6.45, 7) is 0. The number of nitrogen functional groups attached to an aromatic ring is 1. The Morgan fingerprint density at radius 2 is 1.68 bits per heavy atom. The Balaban J connectivity index is 1.72. The lowest BCUT2D eigenvalue weighted by Crippen LogP contribution is -1.95. The van der Waals surface area contributed by atoms with E-state index in [-0.39, 0.29) is 0 Å².